The zero-order chi connectivity index (χ0) is 13.2. The van der Waals surface area contributed by atoms with Gasteiger partial charge in [0.1, 0.15) is 5.60 Å². The summed E-state index contributed by atoms with van der Waals surface area (Å²) in [4.78, 5) is 23.4. The molecule has 6 heteroatoms. The van der Waals surface area contributed by atoms with E-state index in [2.05, 4.69) is 0 Å². The molecule has 0 aromatic rings. The van der Waals surface area contributed by atoms with Gasteiger partial charge in [-0.3, -0.25) is 4.79 Å². The Balaban J connectivity index is 2.31. The van der Waals surface area contributed by atoms with Gasteiger partial charge in [-0.05, 0) is 20.8 Å². The number of carboxylic acids is 1. The van der Waals surface area contributed by atoms with Gasteiger partial charge >= 0.3 is 12.1 Å². The van der Waals surface area contributed by atoms with E-state index in [1.165, 1.54) is 4.90 Å². The molecular weight excluding hydrogens is 226 g/mol. The van der Waals surface area contributed by atoms with Crippen LogP contribution in [0.15, 0.2) is 0 Å². The summed E-state index contributed by atoms with van der Waals surface area (Å²) in [6.07, 6.45) is -1.60. The van der Waals surface area contributed by atoms with Gasteiger partial charge in [0.25, 0.3) is 0 Å². The standard InChI is InChI=1S/C11H19NO5/c1-11(2,3)17-10(16)12-5-7(6-12)8(13)4-9(14)15/h7-8,13H,4-6H2,1-3H3,(H,14,15)/t8-/m0/s1. The molecule has 17 heavy (non-hydrogen) atoms. The number of likely N-dealkylation sites (tertiary alicyclic amines) is 1. The Morgan fingerprint density at radius 1 is 1.41 bits per heavy atom. The second-order valence-electron chi connectivity index (χ2n) is 5.31. The lowest BCUT2D eigenvalue weighted by Gasteiger charge is -2.41. The molecule has 1 heterocycles. The van der Waals surface area contributed by atoms with Gasteiger partial charge in [0.15, 0.2) is 0 Å². The minimum atomic E-state index is -1.03. The molecule has 0 aromatic carbocycles. The van der Waals surface area contributed by atoms with Crippen molar-refractivity contribution in [1.82, 2.24) is 4.90 Å². The van der Waals surface area contributed by atoms with E-state index in [1.54, 1.807) is 20.8 Å². The summed E-state index contributed by atoms with van der Waals surface area (Å²) in [6.45, 7) is 6.04. The number of rotatable bonds is 3. The number of amides is 1. The minimum absolute atomic E-state index is 0.168. The number of aliphatic carboxylic acids is 1. The van der Waals surface area contributed by atoms with Crippen LogP contribution in [-0.4, -0.2) is 52.0 Å². The fraction of sp³-hybridized carbons (Fsp3) is 0.818. The molecule has 0 aromatic heterocycles. The summed E-state index contributed by atoms with van der Waals surface area (Å²) in [5, 5.41) is 18.0. The lowest BCUT2D eigenvalue weighted by Crippen LogP contribution is -2.55. The first kappa shape index (κ1) is 13.8. The summed E-state index contributed by atoms with van der Waals surface area (Å²) in [5.41, 5.74) is -0.540. The molecule has 0 bridgehead atoms. The maximum absolute atomic E-state index is 11.5. The van der Waals surface area contributed by atoms with Crippen LogP contribution in [0.4, 0.5) is 4.79 Å². The van der Waals surface area contributed by atoms with Crippen LogP contribution in [-0.2, 0) is 9.53 Å². The molecule has 6 nitrogen and oxygen atoms in total. The van der Waals surface area contributed by atoms with Crippen molar-refractivity contribution in [2.75, 3.05) is 13.1 Å². The molecule has 2 N–H and O–H groups in total. The van der Waals surface area contributed by atoms with Crippen LogP contribution in [0.5, 0.6) is 0 Å². The second-order valence-corrected chi connectivity index (χ2v) is 5.31. The number of hydrogen-bond donors (Lipinski definition) is 2. The lowest BCUT2D eigenvalue weighted by atomic mass is 9.92. The van der Waals surface area contributed by atoms with Crippen molar-refractivity contribution < 1.29 is 24.5 Å². The van der Waals surface area contributed by atoms with Gasteiger partial charge in [0.05, 0.1) is 12.5 Å². The Kier molecular flexibility index (Phi) is 3.98. The zero-order valence-electron chi connectivity index (χ0n) is 10.3. The number of aliphatic hydroxyl groups excluding tert-OH is 1. The Hall–Kier alpha value is -1.30. The van der Waals surface area contributed by atoms with Crippen LogP contribution in [0, 0.1) is 5.92 Å². The van der Waals surface area contributed by atoms with Gasteiger partial charge in [-0.2, -0.15) is 0 Å². The third-order valence-electron chi connectivity index (χ3n) is 2.49. The second kappa shape index (κ2) is 4.91. The predicted molar refractivity (Wildman–Crippen MR) is 59.6 cm³/mol. The molecular formula is C11H19NO5. The van der Waals surface area contributed by atoms with E-state index in [4.69, 9.17) is 9.84 Å². The number of ether oxygens (including phenoxy) is 1. The van der Waals surface area contributed by atoms with Crippen molar-refractivity contribution in [1.29, 1.82) is 0 Å². The van der Waals surface area contributed by atoms with E-state index in [0.717, 1.165) is 0 Å². The van der Waals surface area contributed by atoms with Crippen molar-refractivity contribution in [3.05, 3.63) is 0 Å². The van der Waals surface area contributed by atoms with Crippen LogP contribution in [0.1, 0.15) is 27.2 Å². The van der Waals surface area contributed by atoms with E-state index in [0.29, 0.717) is 13.1 Å². The maximum Gasteiger partial charge on any atom is 0.410 e. The molecule has 0 radical (unpaired) electrons. The van der Waals surface area contributed by atoms with E-state index in [-0.39, 0.29) is 12.3 Å². The van der Waals surface area contributed by atoms with Crippen molar-refractivity contribution in [3.63, 3.8) is 0 Å². The first-order chi connectivity index (χ1) is 7.69. The summed E-state index contributed by atoms with van der Waals surface area (Å²) in [7, 11) is 0. The number of carbonyl (C=O) groups excluding carboxylic acids is 1. The molecule has 1 amide bonds. The molecule has 0 aliphatic carbocycles. The first-order valence-corrected chi connectivity index (χ1v) is 5.57. The predicted octanol–water partition coefficient (Wildman–Crippen LogP) is 0.689. The van der Waals surface area contributed by atoms with E-state index in [1.807, 2.05) is 0 Å². The fourth-order valence-electron chi connectivity index (χ4n) is 1.58. The van der Waals surface area contributed by atoms with Crippen LogP contribution in [0.25, 0.3) is 0 Å². The fourth-order valence-corrected chi connectivity index (χ4v) is 1.58. The van der Waals surface area contributed by atoms with Crippen LogP contribution in [0.3, 0.4) is 0 Å². The number of aliphatic hydroxyl groups is 1. The van der Waals surface area contributed by atoms with Gasteiger partial charge < -0.3 is 19.8 Å². The highest BCUT2D eigenvalue weighted by molar-refractivity contribution is 5.69. The number of nitrogens with zero attached hydrogens (tertiary/aromatic N) is 1. The van der Waals surface area contributed by atoms with Gasteiger partial charge in [0.2, 0.25) is 0 Å². The van der Waals surface area contributed by atoms with Gasteiger partial charge in [-0.1, -0.05) is 0 Å². The highest BCUT2D eigenvalue weighted by atomic mass is 16.6. The molecule has 98 valence electrons. The molecule has 1 saturated heterocycles. The molecule has 1 atom stereocenters. The molecule has 1 fully saturated rings. The number of carboxylic acid groups (broad SMARTS) is 1. The topological polar surface area (TPSA) is 87.1 Å². The van der Waals surface area contributed by atoms with Crippen LogP contribution in [0.2, 0.25) is 0 Å². The normalized spacial score (nSPS) is 18.5. The minimum Gasteiger partial charge on any atom is -0.481 e. The van der Waals surface area contributed by atoms with Gasteiger partial charge in [0, 0.05) is 19.0 Å². The highest BCUT2D eigenvalue weighted by Crippen LogP contribution is 2.23. The average Bonchev–Trinajstić information content (AvgIpc) is 1.94. The zero-order valence-corrected chi connectivity index (χ0v) is 10.3. The summed E-state index contributed by atoms with van der Waals surface area (Å²) in [6, 6.07) is 0. The van der Waals surface area contributed by atoms with E-state index in [9.17, 15) is 14.7 Å². The molecule has 0 spiro atoms. The Labute approximate surface area is 100 Å². The third-order valence-corrected chi connectivity index (χ3v) is 2.49. The van der Waals surface area contributed by atoms with Crippen molar-refractivity contribution >= 4 is 12.1 Å². The van der Waals surface area contributed by atoms with Crippen molar-refractivity contribution in [3.8, 4) is 0 Å². The Morgan fingerprint density at radius 3 is 2.35 bits per heavy atom. The van der Waals surface area contributed by atoms with Gasteiger partial charge in [-0.15, -0.1) is 0 Å². The summed E-state index contributed by atoms with van der Waals surface area (Å²) < 4.78 is 5.14. The van der Waals surface area contributed by atoms with Gasteiger partial charge in [-0.25, -0.2) is 4.79 Å². The highest BCUT2D eigenvalue weighted by Gasteiger charge is 2.38. The average molecular weight is 245 g/mol. The van der Waals surface area contributed by atoms with E-state index >= 15 is 0 Å². The smallest absolute Gasteiger partial charge is 0.410 e. The monoisotopic (exact) mass is 245 g/mol. The third kappa shape index (κ3) is 4.22. The SMILES string of the molecule is CC(C)(C)OC(=O)N1CC([C@@H](O)CC(=O)O)C1. The largest absolute Gasteiger partial charge is 0.481 e. The van der Waals surface area contributed by atoms with Crippen LogP contribution >= 0.6 is 0 Å². The summed E-state index contributed by atoms with van der Waals surface area (Å²) in [5.74, 6) is -1.20. The molecule has 0 saturated carbocycles. The van der Waals surface area contributed by atoms with Crippen molar-refractivity contribution in [2.45, 2.75) is 38.9 Å². The van der Waals surface area contributed by atoms with E-state index < -0.39 is 23.8 Å². The number of hydrogen-bond acceptors (Lipinski definition) is 4. The molecule has 1 aliphatic heterocycles. The quantitative estimate of drug-likeness (QED) is 0.763. The Morgan fingerprint density at radius 2 is 1.94 bits per heavy atom. The lowest BCUT2D eigenvalue weighted by molar-refractivity contribution is -0.141. The summed E-state index contributed by atoms with van der Waals surface area (Å²) >= 11 is 0. The van der Waals surface area contributed by atoms with Crippen LogP contribution < -0.4 is 0 Å². The molecule has 1 aliphatic rings. The molecule has 1 rings (SSSR count). The number of carbonyl (C=O) groups is 2. The van der Waals surface area contributed by atoms with Crippen molar-refractivity contribution in [2.24, 2.45) is 5.92 Å². The Bertz CT molecular complexity index is 303. The first-order valence-electron chi connectivity index (χ1n) is 5.57. The maximum atomic E-state index is 11.5. The molecule has 0 unspecified atom stereocenters.